The molecular weight excluding hydrogens is 408 g/mol. The molecule has 2 heterocycles. The molecule has 0 fully saturated rings. The zero-order chi connectivity index (χ0) is 22.7. The average molecular weight is 434 g/mol. The number of rotatable bonds is 9. The van der Waals surface area contributed by atoms with Crippen LogP contribution in [0, 0.1) is 6.92 Å². The lowest BCUT2D eigenvalue weighted by Gasteiger charge is -2.14. The van der Waals surface area contributed by atoms with Crippen molar-refractivity contribution >= 4 is 34.7 Å². The summed E-state index contributed by atoms with van der Waals surface area (Å²) in [7, 11) is 0. The lowest BCUT2D eigenvalue weighted by Crippen LogP contribution is -2.33. The molecule has 0 saturated carbocycles. The third kappa shape index (κ3) is 4.27. The molecule has 0 saturated heterocycles. The van der Waals surface area contributed by atoms with Crippen molar-refractivity contribution in [3.63, 3.8) is 0 Å². The van der Waals surface area contributed by atoms with Gasteiger partial charge in [-0.3, -0.25) is 24.6 Å². The number of carbonyl (C=O) groups excluding carboxylic acids is 3. The summed E-state index contributed by atoms with van der Waals surface area (Å²) in [6.07, 6.45) is 0.776. The van der Waals surface area contributed by atoms with Crippen molar-refractivity contribution < 1.29 is 19.1 Å². The van der Waals surface area contributed by atoms with E-state index in [1.54, 1.807) is 18.2 Å². The third-order valence-electron chi connectivity index (χ3n) is 5.47. The number of aryl methyl sites for hydroxylation is 2. The van der Waals surface area contributed by atoms with Gasteiger partial charge in [-0.2, -0.15) is 0 Å². The fraction of sp³-hybridized carbons (Fsp3) is 0.333. The van der Waals surface area contributed by atoms with Crippen LogP contribution in [0.2, 0.25) is 0 Å². The first-order valence-corrected chi connectivity index (χ1v) is 10.8. The van der Waals surface area contributed by atoms with Crippen LogP contribution in [-0.2, 0) is 16.1 Å². The molecule has 3 amide bonds. The molecule has 1 aliphatic heterocycles. The third-order valence-corrected chi connectivity index (χ3v) is 5.47. The number of imide groups is 1. The largest absolute Gasteiger partial charge is 0.382 e. The van der Waals surface area contributed by atoms with Gasteiger partial charge in [0.2, 0.25) is 11.9 Å². The van der Waals surface area contributed by atoms with Crippen LogP contribution in [0.1, 0.15) is 46.0 Å². The summed E-state index contributed by atoms with van der Waals surface area (Å²) in [5, 5.41) is 2.85. The minimum atomic E-state index is -0.360. The average Bonchev–Trinajstić information content (AvgIpc) is 3.24. The second-order valence-corrected chi connectivity index (χ2v) is 7.74. The van der Waals surface area contributed by atoms with Gasteiger partial charge < -0.3 is 9.30 Å². The van der Waals surface area contributed by atoms with Crippen LogP contribution in [0.15, 0.2) is 42.5 Å². The lowest BCUT2D eigenvalue weighted by molar-refractivity contribution is -0.116. The van der Waals surface area contributed by atoms with E-state index in [1.165, 1.54) is 0 Å². The van der Waals surface area contributed by atoms with E-state index < -0.39 is 0 Å². The molecule has 1 aliphatic rings. The molecule has 0 atom stereocenters. The molecule has 4 rings (SSSR count). The number of hydrogen-bond acceptors (Lipinski definition) is 5. The molecule has 0 spiro atoms. The summed E-state index contributed by atoms with van der Waals surface area (Å²) < 4.78 is 7.38. The van der Waals surface area contributed by atoms with Crippen LogP contribution >= 0.6 is 0 Å². The van der Waals surface area contributed by atoms with Crippen LogP contribution in [0.25, 0.3) is 11.0 Å². The molecule has 8 nitrogen and oxygen atoms in total. The van der Waals surface area contributed by atoms with Crippen LogP contribution < -0.4 is 5.32 Å². The smallest absolute Gasteiger partial charge is 0.261 e. The first kappa shape index (κ1) is 21.7. The number of amides is 3. The van der Waals surface area contributed by atoms with Gasteiger partial charge in [0.25, 0.3) is 11.8 Å². The Balaban J connectivity index is 1.43. The molecule has 0 radical (unpaired) electrons. The zero-order valence-electron chi connectivity index (χ0n) is 18.3. The number of imidazole rings is 1. The highest BCUT2D eigenvalue weighted by Gasteiger charge is 2.35. The standard InChI is InChI=1S/C24H26N4O4/c1-3-32-14-6-12-27-20-8-5-4-7-19(20)25-24(27)26-21(29)11-13-28-22(30)17-10-9-16(2)15-18(17)23(28)31/h4-5,7-10,15H,3,6,11-14H2,1-2H3,(H,25,26,29). The summed E-state index contributed by atoms with van der Waals surface area (Å²) in [6, 6.07) is 12.9. The molecular formula is C24H26N4O4. The summed E-state index contributed by atoms with van der Waals surface area (Å²) in [4.78, 5) is 43.6. The molecule has 1 aromatic heterocycles. The van der Waals surface area contributed by atoms with Crippen molar-refractivity contribution in [2.24, 2.45) is 0 Å². The Morgan fingerprint density at radius 2 is 1.84 bits per heavy atom. The molecule has 0 bridgehead atoms. The number of para-hydroxylation sites is 2. The Hall–Kier alpha value is -3.52. The Labute approximate surface area is 186 Å². The number of anilines is 1. The predicted octanol–water partition coefficient (Wildman–Crippen LogP) is 3.40. The van der Waals surface area contributed by atoms with Crippen molar-refractivity contribution in [2.45, 2.75) is 33.2 Å². The number of benzene rings is 2. The quantitative estimate of drug-likeness (QED) is 0.412. The second-order valence-electron chi connectivity index (χ2n) is 7.74. The second kappa shape index (κ2) is 9.32. The van der Waals surface area contributed by atoms with E-state index in [2.05, 4.69) is 10.3 Å². The Bertz CT molecular complexity index is 1180. The van der Waals surface area contributed by atoms with Gasteiger partial charge >= 0.3 is 0 Å². The van der Waals surface area contributed by atoms with Gasteiger partial charge in [0.05, 0.1) is 22.2 Å². The van der Waals surface area contributed by atoms with Crippen molar-refractivity contribution in [1.29, 1.82) is 0 Å². The number of hydrogen-bond donors (Lipinski definition) is 1. The molecule has 8 heteroatoms. The van der Waals surface area contributed by atoms with E-state index in [9.17, 15) is 14.4 Å². The van der Waals surface area contributed by atoms with Crippen LogP contribution in [0.4, 0.5) is 5.95 Å². The molecule has 32 heavy (non-hydrogen) atoms. The van der Waals surface area contributed by atoms with E-state index in [0.29, 0.717) is 36.8 Å². The van der Waals surface area contributed by atoms with Crippen molar-refractivity contribution in [1.82, 2.24) is 14.5 Å². The van der Waals surface area contributed by atoms with Crippen LogP contribution in [-0.4, -0.2) is 51.9 Å². The SMILES string of the molecule is CCOCCCn1c(NC(=O)CCN2C(=O)c3ccc(C)cc3C2=O)nc2ccccc21. The van der Waals surface area contributed by atoms with E-state index >= 15 is 0 Å². The number of carbonyl (C=O) groups is 3. The minimum absolute atomic E-state index is 0.00734. The van der Waals surface area contributed by atoms with Gasteiger partial charge in [0, 0.05) is 32.7 Å². The van der Waals surface area contributed by atoms with Gasteiger partial charge in [-0.05, 0) is 44.5 Å². The minimum Gasteiger partial charge on any atom is -0.382 e. The highest BCUT2D eigenvalue weighted by atomic mass is 16.5. The van der Waals surface area contributed by atoms with Gasteiger partial charge in [-0.1, -0.05) is 23.8 Å². The molecule has 0 unspecified atom stereocenters. The monoisotopic (exact) mass is 434 g/mol. The molecule has 0 aliphatic carbocycles. The Morgan fingerprint density at radius 3 is 2.66 bits per heavy atom. The van der Waals surface area contributed by atoms with Crippen LogP contribution in [0.5, 0.6) is 0 Å². The Morgan fingerprint density at radius 1 is 1.06 bits per heavy atom. The van der Waals surface area contributed by atoms with Crippen molar-refractivity contribution in [3.05, 3.63) is 59.2 Å². The topological polar surface area (TPSA) is 93.5 Å². The number of nitrogens with one attached hydrogen (secondary N) is 1. The lowest BCUT2D eigenvalue weighted by atomic mass is 10.1. The number of fused-ring (bicyclic) bond motifs is 2. The predicted molar refractivity (Wildman–Crippen MR) is 121 cm³/mol. The molecule has 1 N–H and O–H groups in total. The maximum absolute atomic E-state index is 12.7. The van der Waals surface area contributed by atoms with E-state index in [1.807, 2.05) is 42.7 Å². The van der Waals surface area contributed by atoms with Crippen LogP contribution in [0.3, 0.4) is 0 Å². The van der Waals surface area contributed by atoms with Gasteiger partial charge in [-0.15, -0.1) is 0 Å². The normalized spacial score (nSPS) is 13.1. The number of nitrogens with zero attached hydrogens (tertiary/aromatic N) is 3. The maximum Gasteiger partial charge on any atom is 0.261 e. The van der Waals surface area contributed by atoms with E-state index in [-0.39, 0.29) is 30.7 Å². The Kier molecular flexibility index (Phi) is 6.32. The summed E-state index contributed by atoms with van der Waals surface area (Å²) in [6.45, 7) is 5.76. The fourth-order valence-electron chi connectivity index (χ4n) is 3.87. The van der Waals surface area contributed by atoms with Gasteiger partial charge in [-0.25, -0.2) is 4.98 Å². The van der Waals surface area contributed by atoms with Crippen molar-refractivity contribution in [2.75, 3.05) is 25.1 Å². The first-order valence-electron chi connectivity index (χ1n) is 10.8. The molecule has 3 aromatic rings. The molecule has 166 valence electrons. The van der Waals surface area contributed by atoms with Crippen molar-refractivity contribution in [3.8, 4) is 0 Å². The van der Waals surface area contributed by atoms with Gasteiger partial charge in [0.1, 0.15) is 0 Å². The summed E-state index contributed by atoms with van der Waals surface area (Å²) in [5.41, 5.74) is 3.40. The first-order chi connectivity index (χ1) is 15.5. The summed E-state index contributed by atoms with van der Waals surface area (Å²) in [5.74, 6) is -0.574. The van der Waals surface area contributed by atoms with Gasteiger partial charge in [0.15, 0.2) is 0 Å². The number of aromatic nitrogens is 2. The maximum atomic E-state index is 12.7. The highest BCUT2D eigenvalue weighted by molar-refractivity contribution is 6.21. The highest BCUT2D eigenvalue weighted by Crippen LogP contribution is 2.24. The molecule has 2 aromatic carbocycles. The fourth-order valence-corrected chi connectivity index (χ4v) is 3.87. The summed E-state index contributed by atoms with van der Waals surface area (Å²) >= 11 is 0. The van der Waals surface area contributed by atoms with E-state index in [0.717, 1.165) is 27.9 Å². The van der Waals surface area contributed by atoms with E-state index in [4.69, 9.17) is 4.74 Å². The zero-order valence-corrected chi connectivity index (χ0v) is 18.3. The number of ether oxygens (including phenoxy) is 1.